The van der Waals surface area contributed by atoms with Crippen LogP contribution >= 0.6 is 0 Å². The molecule has 1 saturated heterocycles. The number of Topliss-reactive ketones (excluding diaryl/α,β-unsaturated/α-hetero) is 1. The van der Waals surface area contributed by atoms with E-state index in [-0.39, 0.29) is 40.6 Å². The van der Waals surface area contributed by atoms with Crippen molar-refractivity contribution < 1.29 is 48.3 Å². The lowest BCUT2D eigenvalue weighted by Gasteiger charge is -2.27. The third-order valence-corrected chi connectivity index (χ3v) is 8.73. The third kappa shape index (κ3) is 9.41. The van der Waals surface area contributed by atoms with Crippen LogP contribution in [0.15, 0.2) is 24.3 Å². The van der Waals surface area contributed by atoms with Crippen LogP contribution < -0.4 is 19.5 Å². The standard InChI is InChI=1S/C36H48N2O10/c1-23-9-8-12-26(39)11-7-5-6-10-24-19-28(40)33(34(42)32(24)36(43)48-23)27(22-31(41)37-13-14-38-15-17-47-18-16-38)25-20-29(44-2)35(46-4)30(21-25)45-3/h6,10,19-21,23,27,40,42H,5,7-9,11-18,22H2,1-4H3,(H,37,41). The van der Waals surface area contributed by atoms with Crippen molar-refractivity contribution in [3.8, 4) is 28.7 Å². The fraction of sp³-hybridized carbons (Fsp3) is 0.528. The zero-order chi connectivity index (χ0) is 34.6. The van der Waals surface area contributed by atoms with Gasteiger partial charge in [0.15, 0.2) is 11.5 Å². The van der Waals surface area contributed by atoms with E-state index in [0.717, 1.165) is 13.1 Å². The maximum absolute atomic E-state index is 13.7. The normalized spacial score (nSPS) is 18.6. The summed E-state index contributed by atoms with van der Waals surface area (Å²) in [5, 5.41) is 26.3. The van der Waals surface area contributed by atoms with E-state index in [1.807, 2.05) is 0 Å². The highest BCUT2D eigenvalue weighted by Gasteiger charge is 2.32. The number of amides is 1. The number of hydrogen-bond donors (Lipinski definition) is 3. The van der Waals surface area contributed by atoms with Gasteiger partial charge in [-0.25, -0.2) is 4.79 Å². The summed E-state index contributed by atoms with van der Waals surface area (Å²) in [4.78, 5) is 41.6. The molecule has 2 aromatic rings. The van der Waals surface area contributed by atoms with E-state index < -0.39 is 23.7 Å². The SMILES string of the molecule is COc1cc(C(CC(=O)NCCN2CCOCC2)c2c(O)cc3c(c2O)C(=O)OC(C)CCCC(=O)CCCC=C3)cc(OC)c1OC. The Hall–Kier alpha value is -4.29. The Morgan fingerprint density at radius 3 is 2.38 bits per heavy atom. The number of phenolic OH excluding ortho intramolecular Hbond substituents is 2. The molecule has 2 aliphatic heterocycles. The topological polar surface area (TPSA) is 153 Å². The molecule has 12 heteroatoms. The summed E-state index contributed by atoms with van der Waals surface area (Å²) in [6.07, 6.45) is 5.85. The van der Waals surface area contributed by atoms with Crippen LogP contribution in [0.3, 0.4) is 0 Å². The Bertz CT molecular complexity index is 1440. The second-order valence-electron chi connectivity index (χ2n) is 12.1. The lowest BCUT2D eigenvalue weighted by atomic mass is 9.84. The van der Waals surface area contributed by atoms with Crippen LogP contribution in [0.2, 0.25) is 0 Å². The molecule has 3 N–H and O–H groups in total. The molecule has 2 aromatic carbocycles. The van der Waals surface area contributed by atoms with Gasteiger partial charge >= 0.3 is 5.97 Å². The van der Waals surface area contributed by atoms with Gasteiger partial charge in [-0.3, -0.25) is 14.5 Å². The van der Waals surface area contributed by atoms with Gasteiger partial charge in [0.1, 0.15) is 22.8 Å². The quantitative estimate of drug-likeness (QED) is 0.305. The number of cyclic esters (lactones) is 1. The van der Waals surface area contributed by atoms with Crippen LogP contribution in [-0.2, 0) is 19.1 Å². The number of phenols is 2. The van der Waals surface area contributed by atoms with Gasteiger partial charge in [-0.15, -0.1) is 0 Å². The number of ether oxygens (including phenoxy) is 5. The number of esters is 1. The average molecular weight is 669 g/mol. The summed E-state index contributed by atoms with van der Waals surface area (Å²) in [5.41, 5.74) is 0.592. The average Bonchev–Trinajstić information content (AvgIpc) is 3.06. The van der Waals surface area contributed by atoms with Crippen LogP contribution in [0.5, 0.6) is 28.7 Å². The van der Waals surface area contributed by atoms with Gasteiger partial charge < -0.3 is 39.2 Å². The fourth-order valence-electron chi connectivity index (χ4n) is 6.14. The van der Waals surface area contributed by atoms with E-state index in [9.17, 15) is 24.6 Å². The molecule has 0 saturated carbocycles. The number of morpholine rings is 1. The van der Waals surface area contributed by atoms with E-state index >= 15 is 0 Å². The van der Waals surface area contributed by atoms with E-state index in [0.29, 0.717) is 87.6 Å². The summed E-state index contributed by atoms with van der Waals surface area (Å²) >= 11 is 0. The van der Waals surface area contributed by atoms with Crippen LogP contribution in [0.1, 0.15) is 84.8 Å². The Kier molecular flexibility index (Phi) is 13.5. The molecule has 0 radical (unpaired) electrons. The summed E-state index contributed by atoms with van der Waals surface area (Å²) in [7, 11) is 4.41. The molecule has 12 nitrogen and oxygen atoms in total. The molecule has 2 atom stereocenters. The van der Waals surface area contributed by atoms with Crippen LogP contribution in [0.25, 0.3) is 6.08 Å². The zero-order valence-corrected chi connectivity index (χ0v) is 28.3. The van der Waals surface area contributed by atoms with Gasteiger partial charge in [0, 0.05) is 56.9 Å². The van der Waals surface area contributed by atoms with Crippen molar-refractivity contribution in [3.63, 3.8) is 0 Å². The van der Waals surface area contributed by atoms with Crippen molar-refractivity contribution >= 4 is 23.7 Å². The van der Waals surface area contributed by atoms with Crippen molar-refractivity contribution in [1.29, 1.82) is 0 Å². The Labute approximate surface area is 281 Å². The highest BCUT2D eigenvalue weighted by molar-refractivity contribution is 5.98. The second kappa shape index (κ2) is 17.7. The zero-order valence-electron chi connectivity index (χ0n) is 28.3. The number of rotatable bonds is 10. The van der Waals surface area contributed by atoms with Crippen LogP contribution in [0.4, 0.5) is 0 Å². The lowest BCUT2D eigenvalue weighted by molar-refractivity contribution is -0.121. The minimum absolute atomic E-state index is 0.0175. The highest BCUT2D eigenvalue weighted by Crippen LogP contribution is 2.47. The largest absolute Gasteiger partial charge is 0.507 e. The number of benzene rings is 2. The van der Waals surface area contributed by atoms with E-state index in [4.69, 9.17) is 23.7 Å². The number of allylic oxidation sites excluding steroid dienone is 1. The van der Waals surface area contributed by atoms with Crippen molar-refractivity contribution in [2.24, 2.45) is 0 Å². The molecule has 0 aromatic heterocycles. The number of hydrogen-bond acceptors (Lipinski definition) is 11. The second-order valence-corrected chi connectivity index (χ2v) is 12.1. The molecular weight excluding hydrogens is 620 g/mol. The molecule has 1 amide bonds. The van der Waals surface area contributed by atoms with Gasteiger partial charge in [0.25, 0.3) is 0 Å². The van der Waals surface area contributed by atoms with Gasteiger partial charge in [-0.05, 0) is 61.9 Å². The molecule has 262 valence electrons. The monoisotopic (exact) mass is 668 g/mol. The first kappa shape index (κ1) is 36.5. The molecule has 0 aliphatic carbocycles. The first-order valence-corrected chi connectivity index (χ1v) is 16.5. The maximum atomic E-state index is 13.7. The van der Waals surface area contributed by atoms with Crippen LogP contribution in [-0.4, -0.2) is 99.6 Å². The molecule has 2 heterocycles. The maximum Gasteiger partial charge on any atom is 0.342 e. The summed E-state index contributed by atoms with van der Waals surface area (Å²) < 4.78 is 27.8. The molecular formula is C36H48N2O10. The number of nitrogens with one attached hydrogen (secondary N) is 1. The molecule has 2 aliphatic rings. The number of fused-ring (bicyclic) bond motifs is 1. The summed E-state index contributed by atoms with van der Waals surface area (Å²) in [6.45, 7) is 5.62. The Morgan fingerprint density at radius 1 is 1.02 bits per heavy atom. The van der Waals surface area contributed by atoms with Crippen molar-refractivity contribution in [1.82, 2.24) is 10.2 Å². The number of nitrogens with zero attached hydrogens (tertiary/aromatic N) is 1. The number of aromatic hydroxyl groups is 2. The minimum atomic E-state index is -0.944. The predicted molar refractivity (Wildman–Crippen MR) is 179 cm³/mol. The van der Waals surface area contributed by atoms with Crippen molar-refractivity contribution in [3.05, 3.63) is 46.5 Å². The molecule has 0 bridgehead atoms. The van der Waals surface area contributed by atoms with Gasteiger partial charge in [0.05, 0.1) is 40.6 Å². The fourth-order valence-corrected chi connectivity index (χ4v) is 6.14. The van der Waals surface area contributed by atoms with Crippen molar-refractivity contribution in [2.75, 3.05) is 60.7 Å². The van der Waals surface area contributed by atoms with E-state index in [2.05, 4.69) is 10.2 Å². The molecule has 0 spiro atoms. The van der Waals surface area contributed by atoms with E-state index in [1.54, 1.807) is 31.2 Å². The molecule has 4 rings (SSSR count). The molecule has 48 heavy (non-hydrogen) atoms. The Morgan fingerprint density at radius 2 is 1.71 bits per heavy atom. The first-order valence-electron chi connectivity index (χ1n) is 16.5. The third-order valence-electron chi connectivity index (χ3n) is 8.73. The lowest BCUT2D eigenvalue weighted by Crippen LogP contribution is -2.41. The highest BCUT2D eigenvalue weighted by atomic mass is 16.5. The summed E-state index contributed by atoms with van der Waals surface area (Å²) in [5.74, 6) is -1.72. The number of carbonyl (C=O) groups is 3. The number of methoxy groups -OCH3 is 3. The number of carbonyl (C=O) groups excluding carboxylic acids is 3. The first-order chi connectivity index (χ1) is 23.2. The van der Waals surface area contributed by atoms with E-state index in [1.165, 1.54) is 27.4 Å². The number of ketones is 1. The summed E-state index contributed by atoms with van der Waals surface area (Å²) in [6, 6.07) is 4.70. The van der Waals surface area contributed by atoms with Gasteiger partial charge in [0.2, 0.25) is 11.7 Å². The predicted octanol–water partition coefficient (Wildman–Crippen LogP) is 4.58. The van der Waals surface area contributed by atoms with Gasteiger partial charge in [-0.2, -0.15) is 0 Å². The smallest absolute Gasteiger partial charge is 0.342 e. The minimum Gasteiger partial charge on any atom is -0.507 e. The van der Waals surface area contributed by atoms with Gasteiger partial charge in [-0.1, -0.05) is 12.2 Å². The van der Waals surface area contributed by atoms with Crippen LogP contribution in [0, 0.1) is 0 Å². The Balaban J connectivity index is 1.78. The van der Waals surface area contributed by atoms with Crippen molar-refractivity contribution in [2.45, 2.75) is 63.9 Å². The molecule has 2 unspecified atom stereocenters. The molecule has 1 fully saturated rings.